The van der Waals surface area contributed by atoms with Gasteiger partial charge in [0.15, 0.2) is 5.17 Å². The van der Waals surface area contributed by atoms with Gasteiger partial charge >= 0.3 is 0 Å². The van der Waals surface area contributed by atoms with E-state index in [0.717, 1.165) is 27.6 Å². The first-order chi connectivity index (χ1) is 15.0. The standard InChI is InChI=1S/C22H26N4O4S/c1-13-9-17(29)23-21-18-14(2)19(15-7-5-4-6-8-15)25(12-30-16(10-27)11-28)20(18)24-22(31-3)26(13)21/h4-8,13,16,27-28H,9-12H2,1-3H3. The molecule has 3 heterocycles. The fourth-order valence-electron chi connectivity index (χ4n) is 4.06. The molecular weight excluding hydrogens is 416 g/mol. The summed E-state index contributed by atoms with van der Waals surface area (Å²) in [5.41, 5.74) is 3.64. The highest BCUT2D eigenvalue weighted by Crippen LogP contribution is 2.42. The van der Waals surface area contributed by atoms with E-state index in [1.54, 1.807) is 0 Å². The number of aliphatic imine (C=N–C) groups is 2. The summed E-state index contributed by atoms with van der Waals surface area (Å²) in [4.78, 5) is 23.7. The Morgan fingerprint density at radius 3 is 2.58 bits per heavy atom. The molecule has 0 aliphatic carbocycles. The van der Waals surface area contributed by atoms with Crippen molar-refractivity contribution in [2.45, 2.75) is 39.1 Å². The van der Waals surface area contributed by atoms with Gasteiger partial charge < -0.3 is 24.4 Å². The molecule has 1 unspecified atom stereocenters. The summed E-state index contributed by atoms with van der Waals surface area (Å²) >= 11 is 1.50. The van der Waals surface area contributed by atoms with Crippen molar-refractivity contribution in [1.29, 1.82) is 0 Å². The van der Waals surface area contributed by atoms with Crippen LogP contribution < -0.4 is 0 Å². The van der Waals surface area contributed by atoms with E-state index < -0.39 is 6.10 Å². The zero-order valence-electron chi connectivity index (χ0n) is 17.8. The van der Waals surface area contributed by atoms with Gasteiger partial charge in [-0.2, -0.15) is 4.99 Å². The number of rotatable bonds is 6. The van der Waals surface area contributed by atoms with E-state index >= 15 is 0 Å². The van der Waals surface area contributed by atoms with Crippen LogP contribution in [0.1, 0.15) is 24.5 Å². The monoisotopic (exact) mass is 442 g/mol. The van der Waals surface area contributed by atoms with Crippen LogP contribution in [0.2, 0.25) is 0 Å². The van der Waals surface area contributed by atoms with Crippen molar-refractivity contribution in [2.75, 3.05) is 19.5 Å². The molecule has 2 aliphatic heterocycles. The predicted molar refractivity (Wildman–Crippen MR) is 122 cm³/mol. The van der Waals surface area contributed by atoms with Gasteiger partial charge in [-0.15, -0.1) is 0 Å². The van der Waals surface area contributed by atoms with Crippen LogP contribution >= 0.6 is 11.8 Å². The van der Waals surface area contributed by atoms with Gasteiger partial charge in [-0.3, -0.25) is 4.79 Å². The molecule has 8 nitrogen and oxygen atoms in total. The lowest BCUT2D eigenvalue weighted by molar-refractivity contribution is -0.119. The Balaban J connectivity index is 1.94. The quantitative estimate of drug-likeness (QED) is 0.713. The van der Waals surface area contributed by atoms with Crippen molar-refractivity contribution >= 4 is 34.5 Å². The highest BCUT2D eigenvalue weighted by molar-refractivity contribution is 8.13. The normalized spacial score (nSPS) is 18.1. The number of carbonyl (C=O) groups is 1. The summed E-state index contributed by atoms with van der Waals surface area (Å²) < 4.78 is 7.71. The van der Waals surface area contributed by atoms with E-state index in [0.29, 0.717) is 18.1 Å². The second-order valence-corrected chi connectivity index (χ2v) is 8.37. The Kier molecular flexibility index (Phi) is 6.29. The number of amides is 1. The van der Waals surface area contributed by atoms with Crippen LogP contribution in [0, 0.1) is 6.92 Å². The molecule has 1 aromatic carbocycles. The summed E-state index contributed by atoms with van der Waals surface area (Å²) in [6.07, 6.45) is 1.61. The number of benzene rings is 1. The van der Waals surface area contributed by atoms with E-state index in [1.165, 1.54) is 11.8 Å². The lowest BCUT2D eigenvalue weighted by Crippen LogP contribution is -2.48. The largest absolute Gasteiger partial charge is 0.394 e. The van der Waals surface area contributed by atoms with Crippen molar-refractivity contribution in [3.8, 4) is 11.3 Å². The minimum Gasteiger partial charge on any atom is -0.394 e. The van der Waals surface area contributed by atoms with Gasteiger partial charge in [0.1, 0.15) is 24.5 Å². The molecule has 2 N–H and O–H groups in total. The van der Waals surface area contributed by atoms with Crippen molar-refractivity contribution in [2.24, 2.45) is 9.98 Å². The van der Waals surface area contributed by atoms with Crippen molar-refractivity contribution in [1.82, 2.24) is 9.47 Å². The van der Waals surface area contributed by atoms with Crippen molar-refractivity contribution in [3.05, 3.63) is 41.5 Å². The average Bonchev–Trinajstić information content (AvgIpc) is 3.05. The minimum atomic E-state index is -0.695. The predicted octanol–water partition coefficient (Wildman–Crippen LogP) is 2.52. The van der Waals surface area contributed by atoms with Crippen molar-refractivity contribution < 1.29 is 19.7 Å². The third kappa shape index (κ3) is 3.82. The number of thioether (sulfide) groups is 1. The molecule has 9 heteroatoms. The summed E-state index contributed by atoms with van der Waals surface area (Å²) in [7, 11) is 0. The van der Waals surface area contributed by atoms with Gasteiger partial charge in [0.25, 0.3) is 0 Å². The van der Waals surface area contributed by atoms with Crippen LogP contribution in [-0.2, 0) is 16.3 Å². The van der Waals surface area contributed by atoms with Gasteiger partial charge in [0.2, 0.25) is 5.91 Å². The second kappa shape index (κ2) is 8.96. The third-order valence-corrected chi connectivity index (χ3v) is 6.21. The average molecular weight is 443 g/mol. The molecule has 0 spiro atoms. The van der Waals surface area contributed by atoms with Gasteiger partial charge in [-0.1, -0.05) is 42.1 Å². The number of hydrogen-bond acceptors (Lipinski definition) is 7. The molecule has 0 radical (unpaired) electrons. The number of carbonyl (C=O) groups excluding carboxylic acids is 1. The first kappa shape index (κ1) is 21.8. The molecule has 31 heavy (non-hydrogen) atoms. The van der Waals surface area contributed by atoms with Crippen LogP contribution in [0.15, 0.2) is 40.3 Å². The molecule has 1 aromatic heterocycles. The van der Waals surface area contributed by atoms with Gasteiger partial charge in [-0.25, -0.2) is 4.99 Å². The molecule has 0 saturated heterocycles. The highest BCUT2D eigenvalue weighted by Gasteiger charge is 2.39. The molecule has 1 atom stereocenters. The topological polar surface area (TPSA) is 99.6 Å². The summed E-state index contributed by atoms with van der Waals surface area (Å²) in [6, 6.07) is 9.85. The first-order valence-electron chi connectivity index (χ1n) is 10.2. The molecular formula is C22H26N4O4S. The van der Waals surface area contributed by atoms with E-state index in [1.807, 2.05) is 59.9 Å². The minimum absolute atomic E-state index is 0.0355. The highest BCUT2D eigenvalue weighted by atomic mass is 32.2. The summed E-state index contributed by atoms with van der Waals surface area (Å²) in [5.74, 6) is 1.14. The Morgan fingerprint density at radius 2 is 1.94 bits per heavy atom. The second-order valence-electron chi connectivity index (χ2n) is 7.60. The van der Waals surface area contributed by atoms with Crippen LogP contribution in [0.25, 0.3) is 11.3 Å². The molecule has 164 valence electrons. The van der Waals surface area contributed by atoms with Gasteiger partial charge in [0, 0.05) is 12.5 Å². The van der Waals surface area contributed by atoms with Crippen LogP contribution in [0.3, 0.4) is 0 Å². The molecule has 1 amide bonds. The zero-order chi connectivity index (χ0) is 22.1. The SMILES string of the molecule is CSC1=Nc2c(c(C)c(-c3ccccc3)n2COC(CO)CO)C2=NC(=O)CC(C)N12. The lowest BCUT2D eigenvalue weighted by atomic mass is 10.0. The lowest BCUT2D eigenvalue weighted by Gasteiger charge is -2.37. The zero-order valence-corrected chi connectivity index (χ0v) is 18.6. The van der Waals surface area contributed by atoms with Crippen molar-refractivity contribution in [3.63, 3.8) is 0 Å². The van der Waals surface area contributed by atoms with Gasteiger partial charge in [-0.05, 0) is 31.2 Å². The Labute approximate surface area is 185 Å². The maximum absolute atomic E-state index is 12.4. The summed E-state index contributed by atoms with van der Waals surface area (Å²) in [5, 5.41) is 19.6. The number of nitrogens with zero attached hydrogens (tertiary/aromatic N) is 4. The Bertz CT molecular complexity index is 1040. The number of aromatic nitrogens is 1. The Morgan fingerprint density at radius 1 is 1.23 bits per heavy atom. The fraction of sp³-hybridized carbons (Fsp3) is 0.409. The maximum atomic E-state index is 12.4. The fourth-order valence-corrected chi connectivity index (χ4v) is 4.71. The molecule has 0 fully saturated rings. The molecule has 4 rings (SSSR count). The third-order valence-electron chi connectivity index (χ3n) is 5.56. The maximum Gasteiger partial charge on any atom is 0.249 e. The van der Waals surface area contributed by atoms with Crippen LogP contribution in [-0.4, -0.2) is 68.2 Å². The summed E-state index contributed by atoms with van der Waals surface area (Å²) in [6.45, 7) is 3.52. The number of hydrogen-bond donors (Lipinski definition) is 2. The van der Waals surface area contributed by atoms with Crippen LogP contribution in [0.4, 0.5) is 5.82 Å². The molecule has 2 aliphatic rings. The Hall–Kier alpha value is -2.46. The number of aliphatic hydroxyl groups is 2. The first-order valence-corrected chi connectivity index (χ1v) is 11.4. The number of amidine groups is 2. The van der Waals surface area contributed by atoms with E-state index in [-0.39, 0.29) is 31.9 Å². The number of aliphatic hydroxyl groups excluding tert-OH is 2. The number of fused-ring (bicyclic) bond motifs is 3. The molecule has 0 bridgehead atoms. The smallest absolute Gasteiger partial charge is 0.249 e. The molecule has 0 saturated carbocycles. The number of ether oxygens (including phenoxy) is 1. The van der Waals surface area contributed by atoms with Crippen LogP contribution in [0.5, 0.6) is 0 Å². The van der Waals surface area contributed by atoms with E-state index in [2.05, 4.69) is 4.99 Å². The van der Waals surface area contributed by atoms with E-state index in [9.17, 15) is 15.0 Å². The molecule has 2 aromatic rings. The van der Waals surface area contributed by atoms with Gasteiger partial charge in [0.05, 0.1) is 24.5 Å². The van der Waals surface area contributed by atoms with E-state index in [4.69, 9.17) is 9.73 Å².